The first kappa shape index (κ1) is 15.6. The Morgan fingerprint density at radius 2 is 1.44 bits per heavy atom. The lowest BCUT2D eigenvalue weighted by molar-refractivity contribution is -0.0662. The van der Waals surface area contributed by atoms with Gasteiger partial charge >= 0.3 is 0 Å². The molecule has 0 amide bonds. The molecule has 0 heterocycles. The van der Waals surface area contributed by atoms with E-state index in [1.807, 2.05) is 0 Å². The quantitative estimate of drug-likeness (QED) is 0.417. The standard InChI is InChI=1S/C13H25FOSi/c1-6-11-13(14,12-7-2)15-16(8-3,9-4)10-5/h6-7H,1-2,8-12H2,3-5H3. The summed E-state index contributed by atoms with van der Waals surface area (Å²) in [5.41, 5.74) is 0. The smallest absolute Gasteiger partial charge is 0.207 e. The van der Waals surface area contributed by atoms with Crippen LogP contribution in [0.25, 0.3) is 0 Å². The molecule has 0 atom stereocenters. The number of alkyl halides is 1. The molecule has 0 aromatic carbocycles. The second-order valence-electron chi connectivity index (χ2n) is 4.21. The van der Waals surface area contributed by atoms with Gasteiger partial charge in [-0.05, 0) is 18.1 Å². The highest BCUT2D eigenvalue weighted by Gasteiger charge is 2.39. The molecule has 0 aromatic rings. The molecule has 0 unspecified atom stereocenters. The predicted molar refractivity (Wildman–Crippen MR) is 71.7 cm³/mol. The van der Waals surface area contributed by atoms with Crippen molar-refractivity contribution in [1.29, 1.82) is 0 Å². The van der Waals surface area contributed by atoms with Gasteiger partial charge in [0.05, 0.1) is 0 Å². The first-order chi connectivity index (χ1) is 7.51. The van der Waals surface area contributed by atoms with Crippen LogP contribution in [0.4, 0.5) is 4.39 Å². The first-order valence-electron chi connectivity index (χ1n) is 6.12. The van der Waals surface area contributed by atoms with Gasteiger partial charge in [-0.2, -0.15) is 0 Å². The van der Waals surface area contributed by atoms with Gasteiger partial charge in [0.1, 0.15) is 0 Å². The summed E-state index contributed by atoms with van der Waals surface area (Å²) in [7, 11) is -1.90. The minimum Gasteiger partial charge on any atom is -0.386 e. The molecular weight excluding hydrogens is 219 g/mol. The zero-order valence-electron chi connectivity index (χ0n) is 10.9. The van der Waals surface area contributed by atoms with Gasteiger partial charge in [-0.15, -0.1) is 13.2 Å². The van der Waals surface area contributed by atoms with Crippen molar-refractivity contribution in [3.63, 3.8) is 0 Å². The maximum Gasteiger partial charge on any atom is 0.207 e. The van der Waals surface area contributed by atoms with E-state index in [1.54, 1.807) is 12.2 Å². The fourth-order valence-electron chi connectivity index (χ4n) is 1.95. The topological polar surface area (TPSA) is 9.23 Å². The van der Waals surface area contributed by atoms with Crippen LogP contribution in [-0.2, 0) is 4.43 Å². The van der Waals surface area contributed by atoms with E-state index in [9.17, 15) is 4.39 Å². The summed E-state index contributed by atoms with van der Waals surface area (Å²) >= 11 is 0. The molecule has 3 heteroatoms. The van der Waals surface area contributed by atoms with E-state index < -0.39 is 14.2 Å². The Morgan fingerprint density at radius 3 is 1.69 bits per heavy atom. The van der Waals surface area contributed by atoms with Crippen molar-refractivity contribution < 1.29 is 8.82 Å². The van der Waals surface area contributed by atoms with Crippen LogP contribution in [0.15, 0.2) is 25.3 Å². The largest absolute Gasteiger partial charge is 0.386 e. The molecule has 0 saturated heterocycles. The van der Waals surface area contributed by atoms with Crippen LogP contribution in [0.2, 0.25) is 18.1 Å². The van der Waals surface area contributed by atoms with E-state index in [0.29, 0.717) is 0 Å². The summed E-state index contributed by atoms with van der Waals surface area (Å²) < 4.78 is 20.4. The highest BCUT2D eigenvalue weighted by molar-refractivity contribution is 6.73. The van der Waals surface area contributed by atoms with Crippen molar-refractivity contribution in [2.75, 3.05) is 0 Å². The summed E-state index contributed by atoms with van der Waals surface area (Å²) in [6.07, 6.45) is 3.66. The number of rotatable bonds is 9. The molecule has 0 N–H and O–H groups in total. The fraction of sp³-hybridized carbons (Fsp3) is 0.692. The third-order valence-corrected chi connectivity index (χ3v) is 7.90. The van der Waals surface area contributed by atoms with E-state index in [0.717, 1.165) is 18.1 Å². The monoisotopic (exact) mass is 244 g/mol. The summed E-state index contributed by atoms with van der Waals surface area (Å²) in [5, 5.41) is 0. The molecule has 0 radical (unpaired) electrons. The van der Waals surface area contributed by atoms with E-state index in [4.69, 9.17) is 4.43 Å². The lowest BCUT2D eigenvalue weighted by Crippen LogP contribution is -2.44. The second-order valence-corrected chi connectivity index (χ2v) is 8.91. The molecule has 0 spiro atoms. The third kappa shape index (κ3) is 4.22. The van der Waals surface area contributed by atoms with E-state index >= 15 is 0 Å². The van der Waals surface area contributed by atoms with Crippen LogP contribution in [0.3, 0.4) is 0 Å². The Morgan fingerprint density at radius 1 is 1.06 bits per heavy atom. The normalized spacial score (nSPS) is 12.5. The van der Waals surface area contributed by atoms with Crippen molar-refractivity contribution >= 4 is 8.32 Å². The molecule has 0 rings (SSSR count). The highest BCUT2D eigenvalue weighted by atomic mass is 28.4. The summed E-state index contributed by atoms with van der Waals surface area (Å²) in [5.74, 6) is -1.59. The van der Waals surface area contributed by atoms with Crippen molar-refractivity contribution in [3.8, 4) is 0 Å². The van der Waals surface area contributed by atoms with Gasteiger partial charge in [-0.3, -0.25) is 0 Å². The van der Waals surface area contributed by atoms with Crippen LogP contribution in [-0.4, -0.2) is 14.2 Å². The van der Waals surface area contributed by atoms with Crippen LogP contribution in [0.5, 0.6) is 0 Å². The van der Waals surface area contributed by atoms with Crippen LogP contribution >= 0.6 is 0 Å². The number of hydrogen-bond donors (Lipinski definition) is 0. The van der Waals surface area contributed by atoms with Gasteiger partial charge in [0.15, 0.2) is 8.32 Å². The van der Waals surface area contributed by atoms with Gasteiger partial charge < -0.3 is 4.43 Å². The zero-order chi connectivity index (χ0) is 12.7. The molecule has 0 aliphatic carbocycles. The Labute approximate surface area is 101 Å². The summed E-state index contributed by atoms with van der Waals surface area (Å²) in [4.78, 5) is 0. The van der Waals surface area contributed by atoms with Gasteiger partial charge in [0.2, 0.25) is 5.85 Å². The van der Waals surface area contributed by atoms with E-state index in [-0.39, 0.29) is 12.8 Å². The average Bonchev–Trinajstić information content (AvgIpc) is 2.27. The first-order valence-corrected chi connectivity index (χ1v) is 8.65. The van der Waals surface area contributed by atoms with Gasteiger partial charge in [0, 0.05) is 12.8 Å². The Balaban J connectivity index is 4.81. The Kier molecular flexibility index (Phi) is 6.84. The van der Waals surface area contributed by atoms with Crippen molar-refractivity contribution in [3.05, 3.63) is 25.3 Å². The molecule has 94 valence electrons. The van der Waals surface area contributed by atoms with Crippen molar-refractivity contribution in [2.45, 2.75) is 57.6 Å². The van der Waals surface area contributed by atoms with Crippen molar-refractivity contribution in [2.24, 2.45) is 0 Å². The van der Waals surface area contributed by atoms with Gasteiger partial charge in [-0.1, -0.05) is 32.9 Å². The second kappa shape index (κ2) is 7.02. The SMILES string of the molecule is C=CCC(F)(CC=C)O[Si](CC)(CC)CC. The minimum atomic E-state index is -1.90. The molecule has 16 heavy (non-hydrogen) atoms. The van der Waals surface area contributed by atoms with Crippen LogP contribution in [0.1, 0.15) is 33.6 Å². The molecule has 1 nitrogen and oxygen atoms in total. The molecule has 0 fully saturated rings. The summed E-state index contributed by atoms with van der Waals surface area (Å²) in [6.45, 7) is 13.5. The lowest BCUT2D eigenvalue weighted by atomic mass is 10.1. The molecule has 0 bridgehead atoms. The van der Waals surface area contributed by atoms with E-state index in [2.05, 4.69) is 33.9 Å². The molecular formula is C13H25FOSi. The predicted octanol–water partition coefficient (Wildman–Crippen LogP) is 4.83. The maximum absolute atomic E-state index is 14.5. The highest BCUT2D eigenvalue weighted by Crippen LogP contribution is 2.33. The van der Waals surface area contributed by atoms with Crippen LogP contribution in [0, 0.1) is 0 Å². The fourth-order valence-corrected chi connectivity index (χ4v) is 4.83. The average molecular weight is 244 g/mol. The number of hydrogen-bond acceptors (Lipinski definition) is 1. The van der Waals surface area contributed by atoms with Crippen molar-refractivity contribution in [1.82, 2.24) is 0 Å². The molecule has 0 saturated carbocycles. The third-order valence-electron chi connectivity index (χ3n) is 3.23. The van der Waals surface area contributed by atoms with Gasteiger partial charge in [-0.25, -0.2) is 4.39 Å². The van der Waals surface area contributed by atoms with Crippen LogP contribution < -0.4 is 0 Å². The summed E-state index contributed by atoms with van der Waals surface area (Å²) in [6, 6.07) is 2.87. The molecule has 0 aliphatic heterocycles. The minimum absolute atomic E-state index is 0.244. The number of halogens is 1. The molecule has 0 aliphatic rings. The lowest BCUT2D eigenvalue weighted by Gasteiger charge is -2.36. The zero-order valence-corrected chi connectivity index (χ0v) is 11.9. The Bertz CT molecular complexity index is 206. The molecule has 0 aromatic heterocycles. The Hall–Kier alpha value is -0.413. The maximum atomic E-state index is 14.5. The van der Waals surface area contributed by atoms with Gasteiger partial charge in [0.25, 0.3) is 0 Å². The van der Waals surface area contributed by atoms with E-state index in [1.165, 1.54) is 0 Å².